The third-order valence-electron chi connectivity index (χ3n) is 4.25. The van der Waals surface area contributed by atoms with E-state index in [1.807, 2.05) is 6.07 Å². The molecular formula is C21H22N6O6S. The zero-order valence-electron chi connectivity index (χ0n) is 17.8. The van der Waals surface area contributed by atoms with Crippen LogP contribution in [0.5, 0.6) is 0 Å². The monoisotopic (exact) mass is 486 g/mol. The summed E-state index contributed by atoms with van der Waals surface area (Å²) >= 11 is 0.991. The Balaban J connectivity index is 1.65. The van der Waals surface area contributed by atoms with Gasteiger partial charge in [-0.15, -0.1) is 11.3 Å². The van der Waals surface area contributed by atoms with E-state index in [9.17, 15) is 24.0 Å². The highest BCUT2D eigenvalue weighted by molar-refractivity contribution is 7.14. The van der Waals surface area contributed by atoms with E-state index in [2.05, 4.69) is 21.3 Å². The highest BCUT2D eigenvalue weighted by Gasteiger charge is 2.13. The van der Waals surface area contributed by atoms with Crippen molar-refractivity contribution in [3.8, 4) is 6.07 Å². The quantitative estimate of drug-likeness (QED) is 0.236. The van der Waals surface area contributed by atoms with Crippen molar-refractivity contribution in [1.82, 2.24) is 16.0 Å². The first-order valence-corrected chi connectivity index (χ1v) is 10.7. The van der Waals surface area contributed by atoms with Gasteiger partial charge in [0.15, 0.2) is 0 Å². The van der Waals surface area contributed by atoms with Crippen molar-refractivity contribution in [3.05, 3.63) is 51.7 Å². The smallest absolute Gasteiger partial charge is 0.320 e. The van der Waals surface area contributed by atoms with Gasteiger partial charge in [0.1, 0.15) is 17.0 Å². The van der Waals surface area contributed by atoms with Crippen LogP contribution in [0, 0.1) is 11.3 Å². The maximum atomic E-state index is 12.0. The fourth-order valence-electron chi connectivity index (χ4n) is 2.52. The second-order valence-electron chi connectivity index (χ2n) is 6.91. The van der Waals surface area contributed by atoms with E-state index in [-0.39, 0.29) is 24.4 Å². The molecule has 0 unspecified atom stereocenters. The molecule has 1 heterocycles. The Morgan fingerprint density at radius 3 is 2.06 bits per heavy atom. The Hall–Kier alpha value is -4.28. The van der Waals surface area contributed by atoms with E-state index >= 15 is 0 Å². The van der Waals surface area contributed by atoms with E-state index in [4.69, 9.17) is 16.1 Å². The predicted molar refractivity (Wildman–Crippen MR) is 122 cm³/mol. The number of thiophene rings is 1. The number of hydrogen-bond acceptors (Lipinski definition) is 8. The van der Waals surface area contributed by atoms with Crippen LogP contribution in [0.15, 0.2) is 36.4 Å². The van der Waals surface area contributed by atoms with Crippen LogP contribution >= 0.6 is 11.3 Å². The van der Waals surface area contributed by atoms with E-state index < -0.39 is 42.2 Å². The highest BCUT2D eigenvalue weighted by Crippen LogP contribution is 2.14. The van der Waals surface area contributed by atoms with Gasteiger partial charge in [-0.3, -0.25) is 24.0 Å². The van der Waals surface area contributed by atoms with E-state index in [0.29, 0.717) is 16.1 Å². The minimum absolute atomic E-state index is 0.144. The lowest BCUT2D eigenvalue weighted by Crippen LogP contribution is -2.43. The van der Waals surface area contributed by atoms with Crippen molar-refractivity contribution >= 4 is 46.6 Å². The summed E-state index contributed by atoms with van der Waals surface area (Å²) in [4.78, 5) is 58.9. The van der Waals surface area contributed by atoms with Crippen LogP contribution in [-0.2, 0) is 25.6 Å². The SMILES string of the molecule is N#Cc1ccc(C(=O)NCC(=O)NCC(=O)NCC(=O)Nc2ccc(C[C@H](N)C(=O)O)cc2)s1. The lowest BCUT2D eigenvalue weighted by Gasteiger charge is -2.10. The number of carbonyl (C=O) groups excluding carboxylic acids is 4. The molecule has 0 aliphatic heterocycles. The lowest BCUT2D eigenvalue weighted by atomic mass is 10.1. The van der Waals surface area contributed by atoms with Crippen LogP contribution in [0.3, 0.4) is 0 Å². The number of nitriles is 1. The molecule has 12 nitrogen and oxygen atoms in total. The largest absolute Gasteiger partial charge is 0.480 e. The van der Waals surface area contributed by atoms with Gasteiger partial charge in [-0.1, -0.05) is 12.1 Å². The molecule has 0 aliphatic carbocycles. The minimum atomic E-state index is -1.11. The normalized spacial score (nSPS) is 10.9. The van der Waals surface area contributed by atoms with Gasteiger partial charge >= 0.3 is 5.97 Å². The lowest BCUT2D eigenvalue weighted by molar-refractivity contribution is -0.138. The van der Waals surface area contributed by atoms with E-state index in [0.717, 1.165) is 11.3 Å². The van der Waals surface area contributed by atoms with Crippen molar-refractivity contribution < 1.29 is 29.1 Å². The van der Waals surface area contributed by atoms with E-state index in [1.54, 1.807) is 24.3 Å². The molecule has 0 radical (unpaired) electrons. The molecule has 0 spiro atoms. The molecule has 7 N–H and O–H groups in total. The summed E-state index contributed by atoms with van der Waals surface area (Å²) in [5.41, 5.74) is 6.61. The molecule has 0 saturated heterocycles. The molecule has 1 aromatic carbocycles. The minimum Gasteiger partial charge on any atom is -0.480 e. The summed E-state index contributed by atoms with van der Waals surface area (Å²) in [6.07, 6.45) is 0.144. The van der Waals surface area contributed by atoms with Gasteiger partial charge in [-0.25, -0.2) is 0 Å². The highest BCUT2D eigenvalue weighted by atomic mass is 32.1. The van der Waals surface area contributed by atoms with Crippen molar-refractivity contribution in [2.24, 2.45) is 5.73 Å². The standard InChI is InChI=1S/C21H22N6O6S/c22-8-14-5-6-16(34-14)20(31)26-10-18(29)24-9-17(28)25-11-19(30)27-13-3-1-12(2-4-13)7-15(23)21(32)33/h1-6,15H,7,9-11,23H2,(H,24,29)(H,25,28)(H,26,31)(H,27,30)(H,32,33)/t15-/m0/s1. The summed E-state index contributed by atoms with van der Waals surface area (Å²) in [5.74, 6) is -3.34. The van der Waals surface area contributed by atoms with Crippen molar-refractivity contribution in [2.45, 2.75) is 12.5 Å². The van der Waals surface area contributed by atoms with Crippen LogP contribution in [0.25, 0.3) is 0 Å². The Bertz CT molecular complexity index is 1110. The zero-order valence-corrected chi connectivity index (χ0v) is 18.6. The number of amides is 4. The Labute approximate surface area is 198 Å². The Morgan fingerprint density at radius 1 is 0.912 bits per heavy atom. The number of benzene rings is 1. The average molecular weight is 487 g/mol. The second kappa shape index (κ2) is 12.7. The summed E-state index contributed by atoms with van der Waals surface area (Å²) in [7, 11) is 0. The van der Waals surface area contributed by atoms with Gasteiger partial charge in [0, 0.05) is 5.69 Å². The summed E-state index contributed by atoms with van der Waals surface area (Å²) < 4.78 is 0. The fraction of sp³-hybridized carbons (Fsp3) is 0.238. The predicted octanol–water partition coefficient (Wildman–Crippen LogP) is -0.825. The first-order chi connectivity index (χ1) is 16.2. The van der Waals surface area contributed by atoms with Gasteiger partial charge in [-0.05, 0) is 36.2 Å². The first kappa shape index (κ1) is 26.0. The zero-order chi connectivity index (χ0) is 25.1. The fourth-order valence-corrected chi connectivity index (χ4v) is 3.24. The number of hydrogen-bond donors (Lipinski definition) is 6. The number of carboxylic acid groups (broad SMARTS) is 1. The van der Waals surface area contributed by atoms with Gasteiger partial charge in [0.05, 0.1) is 24.5 Å². The maximum absolute atomic E-state index is 12.0. The van der Waals surface area contributed by atoms with Crippen LogP contribution in [0.1, 0.15) is 20.1 Å². The molecule has 4 amide bonds. The first-order valence-electron chi connectivity index (χ1n) is 9.86. The number of anilines is 1. The number of nitrogens with zero attached hydrogens (tertiary/aromatic N) is 1. The second-order valence-corrected chi connectivity index (χ2v) is 7.99. The summed E-state index contributed by atoms with van der Waals surface area (Å²) in [6, 6.07) is 10.3. The van der Waals surface area contributed by atoms with Gasteiger partial charge in [-0.2, -0.15) is 5.26 Å². The average Bonchev–Trinajstić information content (AvgIpc) is 3.30. The molecule has 1 atom stereocenters. The molecule has 34 heavy (non-hydrogen) atoms. The molecular weight excluding hydrogens is 464 g/mol. The summed E-state index contributed by atoms with van der Waals surface area (Å²) in [6.45, 7) is -1.09. The molecule has 2 aromatic rings. The van der Waals surface area contributed by atoms with Crippen molar-refractivity contribution in [2.75, 3.05) is 25.0 Å². The molecule has 0 fully saturated rings. The van der Waals surface area contributed by atoms with Crippen molar-refractivity contribution in [3.63, 3.8) is 0 Å². The molecule has 0 aliphatic rings. The number of carbonyl (C=O) groups is 5. The van der Waals surface area contributed by atoms with Gasteiger partial charge in [0.25, 0.3) is 5.91 Å². The maximum Gasteiger partial charge on any atom is 0.320 e. The molecule has 0 saturated carbocycles. The van der Waals surface area contributed by atoms with Gasteiger partial charge < -0.3 is 32.1 Å². The third kappa shape index (κ3) is 8.69. The topological polar surface area (TPSA) is 204 Å². The van der Waals surface area contributed by atoms with E-state index in [1.165, 1.54) is 12.1 Å². The molecule has 13 heteroatoms. The van der Waals surface area contributed by atoms with Crippen LogP contribution in [0.2, 0.25) is 0 Å². The molecule has 0 bridgehead atoms. The van der Waals surface area contributed by atoms with Crippen LogP contribution in [-0.4, -0.2) is 60.4 Å². The Kier molecular flexibility index (Phi) is 9.69. The van der Waals surface area contributed by atoms with Crippen LogP contribution in [0.4, 0.5) is 5.69 Å². The number of nitrogens with two attached hydrogens (primary N) is 1. The molecule has 178 valence electrons. The number of rotatable bonds is 11. The summed E-state index contributed by atoms with van der Waals surface area (Å²) in [5, 5.41) is 27.2. The van der Waals surface area contributed by atoms with Gasteiger partial charge in [0.2, 0.25) is 17.7 Å². The van der Waals surface area contributed by atoms with Crippen LogP contribution < -0.4 is 27.0 Å². The molecule has 2 rings (SSSR count). The number of carboxylic acids is 1. The number of aliphatic carboxylic acids is 1. The third-order valence-corrected chi connectivity index (χ3v) is 5.24. The molecule has 1 aromatic heterocycles. The number of nitrogens with one attached hydrogen (secondary N) is 4. The Morgan fingerprint density at radius 2 is 1.50 bits per heavy atom. The van der Waals surface area contributed by atoms with Crippen molar-refractivity contribution in [1.29, 1.82) is 5.26 Å².